The molecular weight excluding hydrogens is 202 g/mol. The highest BCUT2D eigenvalue weighted by atomic mass is 16.2. The van der Waals surface area contributed by atoms with Crippen LogP contribution in [0.2, 0.25) is 0 Å². The Kier molecular flexibility index (Phi) is 3.17. The molecule has 4 nitrogen and oxygen atoms in total. The number of nitrogens with zero attached hydrogens (tertiary/aromatic N) is 3. The summed E-state index contributed by atoms with van der Waals surface area (Å²) in [5, 5.41) is 0. The van der Waals surface area contributed by atoms with E-state index in [-0.39, 0.29) is 5.91 Å². The van der Waals surface area contributed by atoms with E-state index in [1.54, 1.807) is 6.33 Å². The summed E-state index contributed by atoms with van der Waals surface area (Å²) in [7, 11) is 0. The Morgan fingerprint density at radius 2 is 2.38 bits per heavy atom. The molecule has 16 heavy (non-hydrogen) atoms. The fourth-order valence-corrected chi connectivity index (χ4v) is 1.96. The van der Waals surface area contributed by atoms with Crippen molar-refractivity contribution in [1.29, 1.82) is 0 Å². The quantitative estimate of drug-likeness (QED) is 0.755. The van der Waals surface area contributed by atoms with Gasteiger partial charge in [0.15, 0.2) is 0 Å². The third kappa shape index (κ3) is 2.38. The summed E-state index contributed by atoms with van der Waals surface area (Å²) >= 11 is 0. The second-order valence-electron chi connectivity index (χ2n) is 4.66. The zero-order chi connectivity index (χ0) is 11.5. The zero-order valence-electron chi connectivity index (χ0n) is 9.81. The van der Waals surface area contributed by atoms with E-state index in [0.717, 1.165) is 24.2 Å². The predicted molar refractivity (Wildman–Crippen MR) is 60.6 cm³/mol. The predicted octanol–water partition coefficient (Wildman–Crippen LogP) is 1.41. The molecule has 1 aliphatic rings. The second kappa shape index (κ2) is 4.60. The molecule has 2 heterocycles. The maximum absolute atomic E-state index is 11.9. The molecule has 0 saturated carbocycles. The molecule has 0 aliphatic carbocycles. The van der Waals surface area contributed by atoms with E-state index in [4.69, 9.17) is 0 Å². The van der Waals surface area contributed by atoms with Gasteiger partial charge in [0, 0.05) is 37.7 Å². The van der Waals surface area contributed by atoms with Crippen LogP contribution in [0.5, 0.6) is 0 Å². The average Bonchev–Trinajstić information content (AvgIpc) is 2.27. The van der Waals surface area contributed by atoms with Gasteiger partial charge in [-0.1, -0.05) is 13.8 Å². The minimum Gasteiger partial charge on any atom is -0.338 e. The van der Waals surface area contributed by atoms with Crippen molar-refractivity contribution in [2.45, 2.75) is 33.2 Å². The summed E-state index contributed by atoms with van der Waals surface area (Å²) in [5.74, 6) is 0.658. The molecule has 0 spiro atoms. The summed E-state index contributed by atoms with van der Waals surface area (Å²) in [6, 6.07) is 0. The first-order chi connectivity index (χ1) is 7.66. The van der Waals surface area contributed by atoms with Gasteiger partial charge in [-0.3, -0.25) is 4.79 Å². The number of aromatic nitrogens is 2. The van der Waals surface area contributed by atoms with Crippen molar-refractivity contribution in [1.82, 2.24) is 14.9 Å². The molecular formula is C12H17N3O. The van der Waals surface area contributed by atoms with Crippen LogP contribution in [-0.2, 0) is 17.8 Å². The van der Waals surface area contributed by atoms with Crippen molar-refractivity contribution < 1.29 is 4.79 Å². The molecule has 0 aromatic carbocycles. The number of fused-ring (bicyclic) bond motifs is 1. The molecule has 2 rings (SSSR count). The van der Waals surface area contributed by atoms with Crippen LogP contribution in [0.1, 0.15) is 31.5 Å². The van der Waals surface area contributed by atoms with Crippen LogP contribution in [-0.4, -0.2) is 27.3 Å². The molecule has 1 aromatic rings. The number of amides is 1. The van der Waals surface area contributed by atoms with Crippen LogP contribution in [0.25, 0.3) is 0 Å². The fraction of sp³-hybridized carbons (Fsp3) is 0.583. The van der Waals surface area contributed by atoms with Gasteiger partial charge in [-0.2, -0.15) is 0 Å². The first-order valence-corrected chi connectivity index (χ1v) is 5.72. The Balaban J connectivity index is 2.05. The Morgan fingerprint density at radius 1 is 1.56 bits per heavy atom. The van der Waals surface area contributed by atoms with E-state index < -0.39 is 0 Å². The smallest absolute Gasteiger partial charge is 0.223 e. The monoisotopic (exact) mass is 219 g/mol. The largest absolute Gasteiger partial charge is 0.338 e. The molecule has 86 valence electrons. The summed E-state index contributed by atoms with van der Waals surface area (Å²) in [5.41, 5.74) is 2.18. The third-order valence-corrected chi connectivity index (χ3v) is 2.80. The van der Waals surface area contributed by atoms with Crippen molar-refractivity contribution in [3.05, 3.63) is 23.8 Å². The lowest BCUT2D eigenvalue weighted by Crippen LogP contribution is -2.36. The number of hydrogen-bond acceptors (Lipinski definition) is 3. The molecule has 1 aromatic heterocycles. The molecule has 1 amide bonds. The molecule has 0 bridgehead atoms. The minimum atomic E-state index is 0.240. The molecule has 0 N–H and O–H groups in total. The van der Waals surface area contributed by atoms with Gasteiger partial charge in [-0.05, 0) is 5.92 Å². The summed E-state index contributed by atoms with van der Waals surface area (Å²) in [6.07, 6.45) is 4.87. The summed E-state index contributed by atoms with van der Waals surface area (Å²) in [4.78, 5) is 22.0. The molecule has 0 unspecified atom stereocenters. The van der Waals surface area contributed by atoms with Crippen LogP contribution in [0, 0.1) is 5.92 Å². The van der Waals surface area contributed by atoms with E-state index in [0.29, 0.717) is 18.9 Å². The van der Waals surface area contributed by atoms with Gasteiger partial charge in [-0.25, -0.2) is 9.97 Å². The number of carbonyl (C=O) groups is 1. The van der Waals surface area contributed by atoms with E-state index in [2.05, 4.69) is 23.8 Å². The highest BCUT2D eigenvalue weighted by Crippen LogP contribution is 2.17. The van der Waals surface area contributed by atoms with Crippen molar-refractivity contribution in [3.63, 3.8) is 0 Å². The SMILES string of the molecule is CC(C)CC(=O)N1CCc2ncncc2C1. The van der Waals surface area contributed by atoms with Crippen LogP contribution < -0.4 is 0 Å². The maximum atomic E-state index is 11.9. The average molecular weight is 219 g/mol. The molecule has 1 aliphatic heterocycles. The van der Waals surface area contributed by atoms with Gasteiger partial charge in [0.25, 0.3) is 0 Å². The Hall–Kier alpha value is -1.45. The fourth-order valence-electron chi connectivity index (χ4n) is 1.96. The molecule has 0 fully saturated rings. The number of rotatable bonds is 2. The lowest BCUT2D eigenvalue weighted by atomic mass is 10.1. The molecule has 4 heteroatoms. The van der Waals surface area contributed by atoms with Gasteiger partial charge in [0.2, 0.25) is 5.91 Å². The van der Waals surface area contributed by atoms with E-state index in [9.17, 15) is 4.79 Å². The third-order valence-electron chi connectivity index (χ3n) is 2.80. The van der Waals surface area contributed by atoms with E-state index in [1.165, 1.54) is 0 Å². The Bertz CT molecular complexity index is 390. The van der Waals surface area contributed by atoms with E-state index >= 15 is 0 Å². The lowest BCUT2D eigenvalue weighted by molar-refractivity contribution is -0.132. The minimum absolute atomic E-state index is 0.240. The summed E-state index contributed by atoms with van der Waals surface area (Å²) in [6.45, 7) is 5.59. The van der Waals surface area contributed by atoms with Crippen molar-refractivity contribution >= 4 is 5.91 Å². The lowest BCUT2D eigenvalue weighted by Gasteiger charge is -2.28. The topological polar surface area (TPSA) is 46.1 Å². The van der Waals surface area contributed by atoms with Crippen LogP contribution in [0.15, 0.2) is 12.5 Å². The van der Waals surface area contributed by atoms with E-state index in [1.807, 2.05) is 11.1 Å². The second-order valence-corrected chi connectivity index (χ2v) is 4.66. The number of carbonyl (C=O) groups excluding carboxylic acids is 1. The highest BCUT2D eigenvalue weighted by Gasteiger charge is 2.21. The maximum Gasteiger partial charge on any atom is 0.223 e. The Morgan fingerprint density at radius 3 is 3.12 bits per heavy atom. The molecule has 0 atom stereocenters. The normalized spacial score (nSPS) is 15.1. The Labute approximate surface area is 95.7 Å². The molecule has 0 radical (unpaired) electrons. The van der Waals surface area contributed by atoms with Crippen molar-refractivity contribution in [2.24, 2.45) is 5.92 Å². The highest BCUT2D eigenvalue weighted by molar-refractivity contribution is 5.76. The molecule has 0 saturated heterocycles. The van der Waals surface area contributed by atoms with Gasteiger partial charge in [-0.15, -0.1) is 0 Å². The van der Waals surface area contributed by atoms with Gasteiger partial charge in [0.1, 0.15) is 6.33 Å². The zero-order valence-corrected chi connectivity index (χ0v) is 9.81. The van der Waals surface area contributed by atoms with Gasteiger partial charge < -0.3 is 4.90 Å². The van der Waals surface area contributed by atoms with Gasteiger partial charge >= 0.3 is 0 Å². The number of hydrogen-bond donors (Lipinski definition) is 0. The van der Waals surface area contributed by atoms with Crippen molar-refractivity contribution in [3.8, 4) is 0 Å². The van der Waals surface area contributed by atoms with Crippen molar-refractivity contribution in [2.75, 3.05) is 6.54 Å². The van der Waals surface area contributed by atoms with Crippen LogP contribution in [0.3, 0.4) is 0 Å². The van der Waals surface area contributed by atoms with Gasteiger partial charge in [0.05, 0.1) is 5.69 Å². The first-order valence-electron chi connectivity index (χ1n) is 5.72. The standard InChI is InChI=1S/C12H17N3O/c1-9(2)5-12(16)15-4-3-11-10(7-15)6-13-8-14-11/h6,8-9H,3-5,7H2,1-2H3. The first kappa shape index (κ1) is 11.0. The van der Waals surface area contributed by atoms with Crippen LogP contribution in [0.4, 0.5) is 0 Å². The van der Waals surface area contributed by atoms with Crippen LogP contribution >= 0.6 is 0 Å². The summed E-state index contributed by atoms with van der Waals surface area (Å²) < 4.78 is 0.